The highest BCUT2D eigenvalue weighted by Crippen LogP contribution is 2.33. The maximum Gasteiger partial charge on any atom is 0.265 e. The van der Waals surface area contributed by atoms with Gasteiger partial charge in [0.15, 0.2) is 5.13 Å². The molecule has 0 fully saturated rings. The van der Waals surface area contributed by atoms with Crippen molar-refractivity contribution in [3.63, 3.8) is 0 Å². The third-order valence-corrected chi connectivity index (χ3v) is 5.55. The number of anilines is 1. The quantitative estimate of drug-likeness (QED) is 0.632. The van der Waals surface area contributed by atoms with Crippen molar-refractivity contribution in [3.05, 3.63) is 46.2 Å². The van der Waals surface area contributed by atoms with Crippen LogP contribution < -0.4 is 10.1 Å². The number of nitrogens with zero attached hydrogens (tertiary/aromatic N) is 2. The van der Waals surface area contributed by atoms with E-state index in [0.717, 1.165) is 39.0 Å². The number of furan rings is 1. The van der Waals surface area contributed by atoms with Crippen molar-refractivity contribution < 1.29 is 18.7 Å². The molecule has 2 aromatic heterocycles. The van der Waals surface area contributed by atoms with E-state index >= 15 is 0 Å². The number of aryl methyl sites for hydroxylation is 2. The standard InChI is InChI=1S/C21H23N3O4S/c1-11(14-8-15-12(2)10-28-17(15)9-16(14)27-6)7-18(25)23-21-22-13(3)19(29-21)20(26)24(4)5/h7-10H,1-6H3,(H,22,23,25)/b11-7+. The summed E-state index contributed by atoms with van der Waals surface area (Å²) < 4.78 is 11.0. The van der Waals surface area contributed by atoms with Gasteiger partial charge in [-0.05, 0) is 38.0 Å². The second-order valence-corrected chi connectivity index (χ2v) is 7.92. The predicted octanol–water partition coefficient (Wildman–Crippen LogP) is 4.26. The van der Waals surface area contributed by atoms with E-state index < -0.39 is 0 Å². The first-order chi connectivity index (χ1) is 13.7. The van der Waals surface area contributed by atoms with Crippen LogP contribution in [0.2, 0.25) is 0 Å². The number of thiazole rings is 1. The topological polar surface area (TPSA) is 84.7 Å². The molecule has 29 heavy (non-hydrogen) atoms. The maximum absolute atomic E-state index is 12.5. The van der Waals surface area contributed by atoms with Crippen molar-refractivity contribution in [2.75, 3.05) is 26.5 Å². The van der Waals surface area contributed by atoms with Crippen LogP contribution in [0.3, 0.4) is 0 Å². The summed E-state index contributed by atoms with van der Waals surface area (Å²) in [6.07, 6.45) is 3.18. The van der Waals surface area contributed by atoms with Crippen molar-refractivity contribution >= 4 is 44.8 Å². The van der Waals surface area contributed by atoms with Gasteiger partial charge in [0.05, 0.1) is 19.1 Å². The number of ether oxygens (including phenoxy) is 1. The highest BCUT2D eigenvalue weighted by atomic mass is 32.1. The fraction of sp³-hybridized carbons (Fsp3) is 0.286. The van der Waals surface area contributed by atoms with Crippen LogP contribution in [0.25, 0.3) is 16.5 Å². The number of nitrogens with one attached hydrogen (secondary N) is 1. The summed E-state index contributed by atoms with van der Waals surface area (Å²) in [7, 11) is 4.94. The van der Waals surface area contributed by atoms with E-state index in [0.29, 0.717) is 21.5 Å². The van der Waals surface area contributed by atoms with Crippen molar-refractivity contribution in [1.82, 2.24) is 9.88 Å². The van der Waals surface area contributed by atoms with E-state index in [9.17, 15) is 9.59 Å². The molecule has 0 unspecified atom stereocenters. The lowest BCUT2D eigenvalue weighted by atomic mass is 10.0. The highest BCUT2D eigenvalue weighted by Gasteiger charge is 2.18. The first kappa shape index (κ1) is 20.6. The van der Waals surface area contributed by atoms with Crippen molar-refractivity contribution in [2.45, 2.75) is 20.8 Å². The van der Waals surface area contributed by atoms with Gasteiger partial charge >= 0.3 is 0 Å². The molecule has 8 heteroatoms. The van der Waals surface area contributed by atoms with Crippen LogP contribution in [-0.2, 0) is 4.79 Å². The van der Waals surface area contributed by atoms with E-state index in [4.69, 9.17) is 9.15 Å². The van der Waals surface area contributed by atoms with E-state index in [2.05, 4.69) is 10.3 Å². The number of rotatable bonds is 5. The predicted molar refractivity (Wildman–Crippen MR) is 115 cm³/mol. The summed E-state index contributed by atoms with van der Waals surface area (Å²) in [5, 5.41) is 4.09. The Hall–Kier alpha value is -3.13. The molecule has 1 N–H and O–H groups in total. The molecule has 3 aromatic rings. The van der Waals surface area contributed by atoms with Gasteiger partial charge in [0, 0.05) is 37.2 Å². The van der Waals surface area contributed by atoms with Crippen molar-refractivity contribution in [2.24, 2.45) is 0 Å². The van der Waals surface area contributed by atoms with Crippen molar-refractivity contribution in [3.8, 4) is 5.75 Å². The molecule has 2 amide bonds. The second kappa shape index (κ2) is 8.08. The zero-order valence-electron chi connectivity index (χ0n) is 17.2. The molecule has 0 atom stereocenters. The summed E-state index contributed by atoms with van der Waals surface area (Å²) >= 11 is 1.16. The van der Waals surface area contributed by atoms with Gasteiger partial charge in [-0.3, -0.25) is 14.9 Å². The molecular weight excluding hydrogens is 390 g/mol. The van der Waals surface area contributed by atoms with Crippen LogP contribution in [-0.4, -0.2) is 42.9 Å². The van der Waals surface area contributed by atoms with Crippen LogP contribution in [0, 0.1) is 13.8 Å². The Morgan fingerprint density at radius 2 is 2.00 bits per heavy atom. The number of hydrogen-bond acceptors (Lipinski definition) is 6. The molecular formula is C21H23N3O4S. The molecule has 152 valence electrons. The fourth-order valence-electron chi connectivity index (χ4n) is 2.93. The van der Waals surface area contributed by atoms with Crippen LogP contribution in [0.5, 0.6) is 5.75 Å². The molecule has 7 nitrogen and oxygen atoms in total. The van der Waals surface area contributed by atoms with Crippen molar-refractivity contribution in [1.29, 1.82) is 0 Å². The maximum atomic E-state index is 12.5. The summed E-state index contributed by atoms with van der Waals surface area (Å²) in [6, 6.07) is 3.77. The first-order valence-electron chi connectivity index (χ1n) is 8.95. The average Bonchev–Trinajstić information content (AvgIpc) is 3.21. The van der Waals surface area contributed by atoms with Gasteiger partial charge in [0.1, 0.15) is 16.2 Å². The molecule has 0 saturated carbocycles. The summed E-state index contributed by atoms with van der Waals surface area (Å²) in [4.78, 5) is 31.0. The zero-order valence-corrected chi connectivity index (χ0v) is 18.1. The zero-order chi connectivity index (χ0) is 21.3. The molecule has 0 aliphatic heterocycles. The van der Waals surface area contributed by atoms with E-state index in [-0.39, 0.29) is 11.8 Å². The Balaban J connectivity index is 1.86. The molecule has 0 aliphatic rings. The van der Waals surface area contributed by atoms with Gasteiger partial charge in [-0.25, -0.2) is 4.98 Å². The first-order valence-corrected chi connectivity index (χ1v) is 9.77. The molecule has 0 aliphatic carbocycles. The summed E-state index contributed by atoms with van der Waals surface area (Å²) in [5.41, 5.74) is 3.87. The number of allylic oxidation sites excluding steroid dienone is 1. The number of fused-ring (bicyclic) bond motifs is 1. The van der Waals surface area contributed by atoms with Gasteiger partial charge in [-0.2, -0.15) is 0 Å². The van der Waals surface area contributed by atoms with Crippen LogP contribution in [0.1, 0.15) is 33.4 Å². The number of amides is 2. The number of carbonyl (C=O) groups is 2. The van der Waals surface area contributed by atoms with E-state index in [1.54, 1.807) is 34.4 Å². The Morgan fingerprint density at radius 3 is 2.66 bits per heavy atom. The number of carbonyl (C=O) groups excluding carboxylic acids is 2. The SMILES string of the molecule is COc1cc2occ(C)c2cc1/C(C)=C/C(=O)Nc1nc(C)c(C(=O)N(C)C)s1. The second-order valence-electron chi connectivity index (χ2n) is 6.92. The monoisotopic (exact) mass is 413 g/mol. The number of hydrogen-bond donors (Lipinski definition) is 1. The van der Waals surface area contributed by atoms with Crippen LogP contribution in [0.15, 0.2) is 28.9 Å². The molecule has 0 radical (unpaired) electrons. The minimum absolute atomic E-state index is 0.138. The normalized spacial score (nSPS) is 11.6. The number of methoxy groups -OCH3 is 1. The highest BCUT2D eigenvalue weighted by molar-refractivity contribution is 7.17. The minimum Gasteiger partial charge on any atom is -0.496 e. The lowest BCUT2D eigenvalue weighted by molar-refractivity contribution is -0.111. The molecule has 0 saturated heterocycles. The van der Waals surface area contributed by atoms with Gasteiger partial charge in [0.2, 0.25) is 5.91 Å². The smallest absolute Gasteiger partial charge is 0.265 e. The Kier molecular flexibility index (Phi) is 5.74. The summed E-state index contributed by atoms with van der Waals surface area (Å²) in [6.45, 7) is 5.55. The Labute approximate surface area is 173 Å². The lowest BCUT2D eigenvalue weighted by Gasteiger charge is -2.09. The Bertz CT molecular complexity index is 1120. The molecule has 2 heterocycles. The van der Waals surface area contributed by atoms with Crippen LogP contribution >= 0.6 is 11.3 Å². The molecule has 0 bridgehead atoms. The van der Waals surface area contributed by atoms with Gasteiger partial charge in [-0.15, -0.1) is 0 Å². The third-order valence-electron chi connectivity index (χ3n) is 4.49. The van der Waals surface area contributed by atoms with E-state index in [1.807, 2.05) is 26.0 Å². The largest absolute Gasteiger partial charge is 0.496 e. The Morgan fingerprint density at radius 1 is 1.28 bits per heavy atom. The fourth-order valence-corrected chi connectivity index (χ4v) is 3.92. The van der Waals surface area contributed by atoms with Gasteiger partial charge < -0.3 is 14.1 Å². The van der Waals surface area contributed by atoms with Gasteiger partial charge in [-0.1, -0.05) is 11.3 Å². The number of aromatic nitrogens is 1. The molecule has 0 spiro atoms. The third kappa shape index (κ3) is 4.17. The lowest BCUT2D eigenvalue weighted by Crippen LogP contribution is -2.21. The summed E-state index contributed by atoms with van der Waals surface area (Å²) in [5.74, 6) is 0.157. The average molecular weight is 413 g/mol. The molecule has 3 rings (SSSR count). The van der Waals surface area contributed by atoms with Crippen LogP contribution in [0.4, 0.5) is 5.13 Å². The van der Waals surface area contributed by atoms with E-state index in [1.165, 1.54) is 11.0 Å². The number of benzene rings is 1. The molecule has 1 aromatic carbocycles. The minimum atomic E-state index is -0.328. The van der Waals surface area contributed by atoms with Gasteiger partial charge in [0.25, 0.3) is 5.91 Å².